The first-order chi connectivity index (χ1) is 17.4. The van der Waals surface area contributed by atoms with E-state index in [0.29, 0.717) is 11.5 Å². The molecule has 0 heterocycles. The van der Waals surface area contributed by atoms with Crippen molar-refractivity contribution in [2.24, 2.45) is 0 Å². The van der Waals surface area contributed by atoms with Crippen molar-refractivity contribution in [2.45, 2.75) is 27.7 Å². The minimum atomic E-state index is -0.935. The van der Waals surface area contributed by atoms with E-state index in [2.05, 4.69) is 26.3 Å². The van der Waals surface area contributed by atoms with Gasteiger partial charge in [0, 0.05) is 22.3 Å². The predicted octanol–water partition coefficient (Wildman–Crippen LogP) is 5.37. The molecule has 208 valence electrons. The van der Waals surface area contributed by atoms with Gasteiger partial charge in [-0.1, -0.05) is 62.7 Å². The third-order valence-corrected chi connectivity index (χ3v) is 2.97. The molecular weight excluding hydrogens is 496 g/mol. The first-order valence-electron chi connectivity index (χ1n) is 10.4. The molecule has 0 radical (unpaired) electrons. The van der Waals surface area contributed by atoms with Gasteiger partial charge < -0.3 is 30.6 Å². The smallest absolute Gasteiger partial charge is 0.330 e. The summed E-state index contributed by atoms with van der Waals surface area (Å²) in [6.45, 7) is 18.4. The molecule has 38 heavy (non-hydrogen) atoms. The average molecular weight is 533 g/mol. The van der Waals surface area contributed by atoms with Gasteiger partial charge >= 0.3 is 23.9 Å². The quantitative estimate of drug-likeness (QED) is 0.279. The number of carboxylic acids is 4. The van der Waals surface area contributed by atoms with E-state index in [9.17, 15) is 19.2 Å². The average Bonchev–Trinajstić information content (AvgIpc) is 2.82. The Balaban J connectivity index is -0.000000183. The lowest BCUT2D eigenvalue weighted by Crippen LogP contribution is -1.92. The maximum absolute atomic E-state index is 9.60. The number of hydrogen-bond acceptors (Lipinski definition) is 6. The van der Waals surface area contributed by atoms with Crippen molar-refractivity contribution in [1.82, 2.24) is 0 Å². The zero-order chi connectivity index (χ0) is 30.8. The van der Waals surface area contributed by atoms with Crippen LogP contribution in [-0.2, 0) is 19.2 Å². The van der Waals surface area contributed by atoms with Gasteiger partial charge in [0.05, 0.1) is 0 Å². The molecule has 0 bridgehead atoms. The Labute approximate surface area is 222 Å². The van der Waals surface area contributed by atoms with Gasteiger partial charge in [0.15, 0.2) is 0 Å². The SMILES string of the molecule is C=C(C)C(=O)O.C=C(C)C(=O)O.C=C(C)C(=O)O.C=C(C)C(=O)O.Oc1ccccc1.Oc1ccccc1. The Kier molecular flexibility index (Phi) is 26.3. The molecule has 0 aromatic heterocycles. The number of phenols is 2. The van der Waals surface area contributed by atoms with Gasteiger partial charge in [0.2, 0.25) is 0 Å². The van der Waals surface area contributed by atoms with E-state index >= 15 is 0 Å². The summed E-state index contributed by atoms with van der Waals surface area (Å²) in [5, 5.41) is 48.8. The highest BCUT2D eigenvalue weighted by Gasteiger charge is 1.91. The van der Waals surface area contributed by atoms with Crippen LogP contribution in [0.3, 0.4) is 0 Å². The standard InChI is InChI=1S/2C6H6O.4C4H6O2/c2*7-6-4-2-1-3-5-6;4*1-3(2)4(5)6/h2*1-5,7H;4*1H2,2H3,(H,5,6). The first kappa shape index (κ1) is 40.1. The van der Waals surface area contributed by atoms with Gasteiger partial charge in [-0.3, -0.25) is 0 Å². The molecule has 0 saturated carbocycles. The molecule has 10 nitrogen and oxygen atoms in total. The molecule has 0 aliphatic heterocycles. The highest BCUT2D eigenvalue weighted by molar-refractivity contribution is 5.85. The third-order valence-electron chi connectivity index (χ3n) is 2.97. The van der Waals surface area contributed by atoms with Crippen molar-refractivity contribution in [3.05, 3.63) is 109 Å². The Bertz CT molecular complexity index is 858. The highest BCUT2D eigenvalue weighted by atomic mass is 16.4. The molecule has 0 atom stereocenters. The minimum absolute atomic E-state index is 0.176. The van der Waals surface area contributed by atoms with Crippen LogP contribution in [0.2, 0.25) is 0 Å². The van der Waals surface area contributed by atoms with E-state index in [-0.39, 0.29) is 22.3 Å². The van der Waals surface area contributed by atoms with Crippen molar-refractivity contribution in [3.63, 3.8) is 0 Å². The second-order valence-corrected chi connectivity index (χ2v) is 7.01. The molecule has 0 spiro atoms. The molecule has 0 amide bonds. The number of para-hydroxylation sites is 2. The van der Waals surface area contributed by atoms with Crippen LogP contribution in [0, 0.1) is 0 Å². The molecule has 0 aliphatic carbocycles. The zero-order valence-electron chi connectivity index (χ0n) is 21.9. The minimum Gasteiger partial charge on any atom is -0.508 e. The number of carbonyl (C=O) groups is 4. The Morgan fingerprint density at radius 1 is 0.447 bits per heavy atom. The fraction of sp³-hybridized carbons (Fsp3) is 0.143. The number of aromatic hydroxyl groups is 2. The summed E-state index contributed by atoms with van der Waals surface area (Å²) in [6, 6.07) is 17.4. The lowest BCUT2D eigenvalue weighted by atomic mass is 10.3. The van der Waals surface area contributed by atoms with Crippen molar-refractivity contribution >= 4 is 23.9 Å². The van der Waals surface area contributed by atoms with E-state index in [1.807, 2.05) is 12.1 Å². The Hall–Kier alpha value is -5.12. The topological polar surface area (TPSA) is 190 Å². The van der Waals surface area contributed by atoms with Gasteiger partial charge in [-0.15, -0.1) is 0 Å². The molecule has 2 aromatic carbocycles. The predicted molar refractivity (Wildman–Crippen MR) is 146 cm³/mol. The molecule has 2 aromatic rings. The van der Waals surface area contributed by atoms with Crippen LogP contribution in [0.5, 0.6) is 11.5 Å². The van der Waals surface area contributed by atoms with Crippen LogP contribution in [0.4, 0.5) is 0 Å². The largest absolute Gasteiger partial charge is 0.508 e. The van der Waals surface area contributed by atoms with Crippen LogP contribution in [0.15, 0.2) is 109 Å². The van der Waals surface area contributed by atoms with Crippen LogP contribution in [-0.4, -0.2) is 54.5 Å². The second kappa shape index (κ2) is 25.0. The number of rotatable bonds is 4. The van der Waals surface area contributed by atoms with E-state index in [1.54, 1.807) is 48.5 Å². The highest BCUT2D eigenvalue weighted by Crippen LogP contribution is 2.03. The molecule has 2 rings (SSSR count). The molecule has 0 unspecified atom stereocenters. The molecule has 0 fully saturated rings. The van der Waals surface area contributed by atoms with E-state index in [0.717, 1.165) is 0 Å². The van der Waals surface area contributed by atoms with Crippen LogP contribution >= 0.6 is 0 Å². The van der Waals surface area contributed by atoms with Crippen molar-refractivity contribution < 1.29 is 49.8 Å². The van der Waals surface area contributed by atoms with Gasteiger partial charge in [-0.05, 0) is 52.0 Å². The Morgan fingerprint density at radius 2 is 0.579 bits per heavy atom. The summed E-state index contributed by atoms with van der Waals surface area (Å²) in [4.78, 5) is 38.4. The monoisotopic (exact) mass is 532 g/mol. The van der Waals surface area contributed by atoms with Gasteiger partial charge in [0.25, 0.3) is 0 Å². The van der Waals surface area contributed by atoms with E-state index in [1.165, 1.54) is 27.7 Å². The summed E-state index contributed by atoms with van der Waals surface area (Å²) in [5.74, 6) is -3.10. The molecule has 6 N–H and O–H groups in total. The summed E-state index contributed by atoms with van der Waals surface area (Å²) < 4.78 is 0. The lowest BCUT2D eigenvalue weighted by Gasteiger charge is -1.82. The van der Waals surface area contributed by atoms with E-state index in [4.69, 9.17) is 30.6 Å². The Morgan fingerprint density at radius 3 is 0.632 bits per heavy atom. The number of hydrogen-bond donors (Lipinski definition) is 6. The first-order valence-corrected chi connectivity index (χ1v) is 10.4. The summed E-state index contributed by atoms with van der Waals surface area (Å²) in [7, 11) is 0. The third kappa shape index (κ3) is 38.2. The van der Waals surface area contributed by atoms with Gasteiger partial charge in [-0.25, -0.2) is 19.2 Å². The molecular formula is C28H36O10. The number of carboxylic acid groups (broad SMARTS) is 4. The van der Waals surface area contributed by atoms with E-state index < -0.39 is 23.9 Å². The molecule has 0 aliphatic rings. The van der Waals surface area contributed by atoms with Gasteiger partial charge in [0.1, 0.15) is 11.5 Å². The van der Waals surface area contributed by atoms with Crippen LogP contribution in [0.1, 0.15) is 27.7 Å². The van der Waals surface area contributed by atoms with Gasteiger partial charge in [-0.2, -0.15) is 0 Å². The summed E-state index contributed by atoms with van der Waals surface area (Å²) >= 11 is 0. The summed E-state index contributed by atoms with van der Waals surface area (Å²) in [6.07, 6.45) is 0. The van der Waals surface area contributed by atoms with Crippen molar-refractivity contribution in [2.75, 3.05) is 0 Å². The number of aliphatic carboxylic acids is 4. The fourth-order valence-electron chi connectivity index (χ4n) is 0.856. The normalized spacial score (nSPS) is 7.89. The number of benzene rings is 2. The van der Waals surface area contributed by atoms with Crippen LogP contribution < -0.4 is 0 Å². The maximum Gasteiger partial charge on any atom is 0.330 e. The fourth-order valence-corrected chi connectivity index (χ4v) is 0.856. The lowest BCUT2D eigenvalue weighted by molar-refractivity contribution is -0.133. The molecule has 10 heteroatoms. The number of phenolic OH excluding ortho intramolecular Hbond substituents is 2. The maximum atomic E-state index is 9.60. The van der Waals surface area contributed by atoms with Crippen LogP contribution in [0.25, 0.3) is 0 Å². The second-order valence-electron chi connectivity index (χ2n) is 7.01. The zero-order valence-corrected chi connectivity index (χ0v) is 21.9. The summed E-state index contributed by atoms with van der Waals surface area (Å²) in [5.41, 5.74) is 0.704. The molecule has 0 saturated heterocycles. The van der Waals surface area contributed by atoms with Crippen molar-refractivity contribution in [3.8, 4) is 11.5 Å². The van der Waals surface area contributed by atoms with Crippen molar-refractivity contribution in [1.29, 1.82) is 0 Å².